The lowest BCUT2D eigenvalue weighted by atomic mass is 9.95. The van der Waals surface area contributed by atoms with Crippen molar-refractivity contribution in [3.63, 3.8) is 0 Å². The van der Waals surface area contributed by atoms with Gasteiger partial charge < -0.3 is 9.47 Å². The molecule has 3 heterocycles. The summed E-state index contributed by atoms with van der Waals surface area (Å²) in [6.45, 7) is 14.8. The first-order valence-corrected chi connectivity index (χ1v) is 17.1. The Hall–Kier alpha value is -2.76. The fourth-order valence-corrected chi connectivity index (χ4v) is 6.57. The van der Waals surface area contributed by atoms with Crippen LogP contribution in [0.1, 0.15) is 78.8 Å². The predicted molar refractivity (Wildman–Crippen MR) is 167 cm³/mol. The van der Waals surface area contributed by atoms with Crippen LogP contribution in [0, 0.1) is 5.92 Å². The number of hydrogen-bond acceptors (Lipinski definition) is 9. The molecule has 0 N–H and O–H groups in total. The monoisotopic (exact) mass is 616 g/mol. The molecular weight excluding hydrogens is 568 g/mol. The quantitative estimate of drug-likeness (QED) is 0.396. The molecule has 2 aliphatic rings. The lowest BCUT2D eigenvalue weighted by Crippen LogP contribution is -2.40. The molecular formula is C32H48N4O6S. The average Bonchev–Trinajstić information content (AvgIpc) is 3.26. The molecule has 0 unspecified atom stereocenters. The van der Waals surface area contributed by atoms with Crippen LogP contribution in [-0.4, -0.2) is 96.7 Å². The Bertz CT molecular complexity index is 1430. The summed E-state index contributed by atoms with van der Waals surface area (Å²) in [6, 6.07) is 5.94. The van der Waals surface area contributed by atoms with Crippen LogP contribution in [0.5, 0.6) is 0 Å². The van der Waals surface area contributed by atoms with E-state index in [1.807, 2.05) is 64.4 Å². The number of ether oxygens (including phenoxy) is 2. The number of carbonyl (C=O) groups excluding carboxylic acids is 2. The SMILES string of the molecule is CC(C)(C)OC(=O)CN1CCC(/C=C/c2ccc3c(c2)c(S(C)(=O)=O)nn3C2CCN(CC(=O)OC(C)(C)C)CC2)CC1. The molecule has 2 aliphatic heterocycles. The summed E-state index contributed by atoms with van der Waals surface area (Å²) in [5.74, 6) is -0.0429. The number of esters is 2. The van der Waals surface area contributed by atoms with E-state index in [1.54, 1.807) is 0 Å². The van der Waals surface area contributed by atoms with Gasteiger partial charge in [-0.15, -0.1) is 0 Å². The highest BCUT2D eigenvalue weighted by molar-refractivity contribution is 7.90. The Labute approximate surface area is 256 Å². The van der Waals surface area contributed by atoms with Gasteiger partial charge in [-0.05, 0) is 104 Å². The maximum Gasteiger partial charge on any atom is 0.320 e. The predicted octanol–water partition coefficient (Wildman–Crippen LogP) is 4.49. The smallest absolute Gasteiger partial charge is 0.320 e. The topological polar surface area (TPSA) is 111 Å². The van der Waals surface area contributed by atoms with E-state index < -0.39 is 21.0 Å². The molecule has 1 aromatic heterocycles. The number of aromatic nitrogens is 2. The minimum Gasteiger partial charge on any atom is -0.459 e. The van der Waals surface area contributed by atoms with Crippen molar-refractivity contribution >= 4 is 38.8 Å². The number of sulfone groups is 1. The van der Waals surface area contributed by atoms with Gasteiger partial charge in [0.1, 0.15) is 11.2 Å². The summed E-state index contributed by atoms with van der Waals surface area (Å²) < 4.78 is 38.3. The van der Waals surface area contributed by atoms with Crippen LogP contribution < -0.4 is 0 Å². The fourth-order valence-electron chi connectivity index (χ4n) is 5.77. The van der Waals surface area contributed by atoms with E-state index in [2.05, 4.69) is 27.1 Å². The number of fused-ring (bicyclic) bond motifs is 1. The first kappa shape index (κ1) is 33.1. The largest absolute Gasteiger partial charge is 0.459 e. The molecule has 4 rings (SSSR count). The summed E-state index contributed by atoms with van der Waals surface area (Å²) in [4.78, 5) is 28.7. The van der Waals surface area contributed by atoms with Gasteiger partial charge in [0.05, 0.1) is 24.6 Å². The second kappa shape index (κ2) is 13.1. The minimum atomic E-state index is -3.54. The number of nitrogens with zero attached hydrogens (tertiary/aromatic N) is 4. The first-order chi connectivity index (χ1) is 20.0. The van der Waals surface area contributed by atoms with E-state index in [0.717, 1.165) is 49.9 Å². The van der Waals surface area contributed by atoms with Crippen molar-refractivity contribution in [3.8, 4) is 0 Å². The summed E-state index contributed by atoms with van der Waals surface area (Å²) in [7, 11) is -3.54. The number of piperidine rings is 2. The molecule has 238 valence electrons. The van der Waals surface area contributed by atoms with Crippen LogP contribution in [0.25, 0.3) is 17.0 Å². The van der Waals surface area contributed by atoms with E-state index >= 15 is 0 Å². The zero-order valence-electron chi connectivity index (χ0n) is 26.8. The maximum atomic E-state index is 12.7. The molecule has 0 amide bonds. The highest BCUT2D eigenvalue weighted by atomic mass is 32.2. The van der Waals surface area contributed by atoms with Gasteiger partial charge in [0.25, 0.3) is 0 Å². The van der Waals surface area contributed by atoms with Crippen molar-refractivity contribution in [2.24, 2.45) is 5.92 Å². The Kier molecular flexibility index (Phi) is 10.1. The molecule has 1 aromatic carbocycles. The van der Waals surface area contributed by atoms with Crippen LogP contribution in [0.4, 0.5) is 0 Å². The molecule has 2 aromatic rings. The Morgan fingerprint density at radius 3 is 1.88 bits per heavy atom. The van der Waals surface area contributed by atoms with Gasteiger partial charge >= 0.3 is 11.9 Å². The lowest BCUT2D eigenvalue weighted by molar-refractivity contribution is -0.157. The number of likely N-dealkylation sites (tertiary alicyclic amines) is 2. The molecule has 0 aliphatic carbocycles. The Morgan fingerprint density at radius 1 is 0.884 bits per heavy atom. The van der Waals surface area contributed by atoms with Gasteiger partial charge in [-0.3, -0.25) is 24.1 Å². The van der Waals surface area contributed by atoms with E-state index in [-0.39, 0.29) is 29.6 Å². The maximum absolute atomic E-state index is 12.7. The molecule has 0 spiro atoms. The van der Waals surface area contributed by atoms with E-state index in [1.165, 1.54) is 6.26 Å². The number of benzene rings is 1. The van der Waals surface area contributed by atoms with Gasteiger partial charge in [-0.25, -0.2) is 8.42 Å². The van der Waals surface area contributed by atoms with E-state index in [0.29, 0.717) is 30.9 Å². The number of allylic oxidation sites excluding steroid dienone is 1. The second-order valence-corrected chi connectivity index (χ2v) is 15.9. The second-order valence-electron chi connectivity index (χ2n) is 14.0. The highest BCUT2D eigenvalue weighted by Crippen LogP contribution is 2.31. The van der Waals surface area contributed by atoms with Gasteiger partial charge in [0, 0.05) is 24.7 Å². The molecule has 0 radical (unpaired) electrons. The zero-order valence-corrected chi connectivity index (χ0v) is 27.6. The van der Waals surface area contributed by atoms with E-state index in [9.17, 15) is 18.0 Å². The van der Waals surface area contributed by atoms with Crippen LogP contribution in [0.15, 0.2) is 29.3 Å². The third-order valence-corrected chi connectivity index (χ3v) is 8.69. The minimum absolute atomic E-state index is 0.0418. The van der Waals surface area contributed by atoms with Crippen molar-refractivity contribution in [3.05, 3.63) is 29.8 Å². The van der Waals surface area contributed by atoms with E-state index in [4.69, 9.17) is 9.47 Å². The fraction of sp³-hybridized carbons (Fsp3) is 0.656. The summed E-state index contributed by atoms with van der Waals surface area (Å²) in [6.07, 6.45) is 8.87. The highest BCUT2D eigenvalue weighted by Gasteiger charge is 2.28. The number of carbonyl (C=O) groups is 2. The van der Waals surface area contributed by atoms with Crippen LogP contribution in [0.2, 0.25) is 0 Å². The van der Waals surface area contributed by atoms with Crippen LogP contribution >= 0.6 is 0 Å². The molecule has 0 bridgehead atoms. The first-order valence-electron chi connectivity index (χ1n) is 15.3. The Morgan fingerprint density at radius 2 is 1.40 bits per heavy atom. The molecule has 10 nitrogen and oxygen atoms in total. The Balaban J connectivity index is 1.40. The molecule has 0 saturated carbocycles. The molecule has 2 fully saturated rings. The zero-order chi connectivity index (χ0) is 31.6. The van der Waals surface area contributed by atoms with Crippen LogP contribution in [-0.2, 0) is 28.9 Å². The molecule has 11 heteroatoms. The summed E-state index contributed by atoms with van der Waals surface area (Å²) in [5, 5.41) is 5.35. The molecule has 2 saturated heterocycles. The van der Waals surface area contributed by atoms with Crippen molar-refractivity contribution in [2.75, 3.05) is 45.5 Å². The third kappa shape index (κ3) is 9.61. The molecule has 0 atom stereocenters. The van der Waals surface area contributed by atoms with Crippen molar-refractivity contribution < 1.29 is 27.5 Å². The normalized spacial score (nSPS) is 18.9. The van der Waals surface area contributed by atoms with Crippen molar-refractivity contribution in [1.29, 1.82) is 0 Å². The average molecular weight is 617 g/mol. The number of hydrogen-bond donors (Lipinski definition) is 0. The van der Waals surface area contributed by atoms with Crippen molar-refractivity contribution in [1.82, 2.24) is 19.6 Å². The summed E-state index contributed by atoms with van der Waals surface area (Å²) >= 11 is 0. The summed E-state index contributed by atoms with van der Waals surface area (Å²) in [5.41, 5.74) is 0.743. The standard InChI is InChI=1S/C32H48N4O6S/c1-31(2,3)41-28(37)21-34-16-12-23(13-17-34)8-9-24-10-11-27-26(20-24)30(43(7,39)40)33-36(27)25-14-18-35(19-15-25)22-29(38)42-32(4,5)6/h8-11,20,23,25H,12-19,21-22H2,1-7H3/b9-8+. The van der Waals surface area contributed by atoms with Gasteiger partial charge in [0.2, 0.25) is 0 Å². The van der Waals surface area contributed by atoms with Gasteiger partial charge in [-0.2, -0.15) is 5.10 Å². The third-order valence-electron chi connectivity index (χ3n) is 7.69. The lowest BCUT2D eigenvalue weighted by Gasteiger charge is -2.32. The molecule has 43 heavy (non-hydrogen) atoms. The number of rotatable bonds is 8. The van der Waals surface area contributed by atoms with Crippen molar-refractivity contribution in [2.45, 2.75) is 89.5 Å². The van der Waals surface area contributed by atoms with Crippen LogP contribution in [0.3, 0.4) is 0 Å². The van der Waals surface area contributed by atoms with Gasteiger partial charge in [-0.1, -0.05) is 18.2 Å². The van der Waals surface area contributed by atoms with Gasteiger partial charge in [0.15, 0.2) is 14.9 Å².